The molecule has 11 heteroatoms. The molecule has 0 aromatic heterocycles. The van der Waals surface area contributed by atoms with Gasteiger partial charge in [-0.1, -0.05) is 39.8 Å². The number of hydrogen-bond acceptors (Lipinski definition) is 2. The molecule has 0 atom stereocenters. The van der Waals surface area contributed by atoms with Crippen molar-refractivity contribution in [1.29, 1.82) is 0 Å². The standard InChI is InChI=1S/C17H21F6N3O2/c1-5-15(16(18,19)20,17(21,22)23)26(13(24)28)25-12(27)10-6-8-11(9-7-10)14(2,3)4/h6-9H,5H2,1-4H3,(H2,24,28)(H,25,27). The lowest BCUT2D eigenvalue weighted by molar-refractivity contribution is -0.337. The molecule has 0 bridgehead atoms. The minimum absolute atomic E-state index is 0.242. The van der Waals surface area contributed by atoms with Gasteiger partial charge < -0.3 is 5.73 Å². The van der Waals surface area contributed by atoms with Crippen LogP contribution in [0, 0.1) is 0 Å². The molecule has 1 rings (SSSR count). The number of nitrogens with one attached hydrogen (secondary N) is 1. The highest BCUT2D eigenvalue weighted by molar-refractivity contribution is 5.95. The van der Waals surface area contributed by atoms with Crippen LogP contribution in [-0.4, -0.2) is 34.8 Å². The minimum Gasteiger partial charge on any atom is -0.350 e. The van der Waals surface area contributed by atoms with Gasteiger partial charge in [0.1, 0.15) is 0 Å². The van der Waals surface area contributed by atoms with Gasteiger partial charge in [-0.3, -0.25) is 10.2 Å². The van der Waals surface area contributed by atoms with Crippen LogP contribution in [0.3, 0.4) is 0 Å². The van der Waals surface area contributed by atoms with Gasteiger partial charge in [-0.15, -0.1) is 0 Å². The lowest BCUT2D eigenvalue weighted by Gasteiger charge is -2.43. The summed E-state index contributed by atoms with van der Waals surface area (Å²) in [5, 5.41) is -0.896. The largest absolute Gasteiger partial charge is 0.422 e. The maximum atomic E-state index is 13.4. The molecule has 1 aromatic rings. The molecule has 5 nitrogen and oxygen atoms in total. The topological polar surface area (TPSA) is 75.4 Å². The molecular formula is C17H21F6N3O2. The maximum Gasteiger partial charge on any atom is 0.422 e. The highest BCUT2D eigenvalue weighted by Gasteiger charge is 2.74. The number of nitrogens with zero attached hydrogens (tertiary/aromatic N) is 1. The molecule has 3 N–H and O–H groups in total. The third-order valence-corrected chi connectivity index (χ3v) is 4.28. The Morgan fingerprint density at radius 3 is 1.68 bits per heavy atom. The Bertz CT molecular complexity index is 706. The number of halogens is 6. The van der Waals surface area contributed by atoms with Crippen LogP contribution in [0.5, 0.6) is 0 Å². The molecular weight excluding hydrogens is 392 g/mol. The smallest absolute Gasteiger partial charge is 0.350 e. The first-order valence-corrected chi connectivity index (χ1v) is 8.13. The van der Waals surface area contributed by atoms with Crippen LogP contribution in [0.1, 0.15) is 50.0 Å². The maximum absolute atomic E-state index is 13.4. The summed E-state index contributed by atoms with van der Waals surface area (Å²) in [5.74, 6) is -1.34. The van der Waals surface area contributed by atoms with Crippen molar-refractivity contribution in [2.24, 2.45) is 5.73 Å². The summed E-state index contributed by atoms with van der Waals surface area (Å²) in [4.78, 5) is 23.7. The van der Waals surface area contributed by atoms with Gasteiger partial charge in [0.15, 0.2) is 0 Å². The molecule has 28 heavy (non-hydrogen) atoms. The van der Waals surface area contributed by atoms with Gasteiger partial charge in [-0.25, -0.2) is 9.80 Å². The lowest BCUT2D eigenvalue weighted by Crippen LogP contribution is -2.73. The molecule has 0 aliphatic carbocycles. The van der Waals surface area contributed by atoms with E-state index in [0.29, 0.717) is 6.92 Å². The Morgan fingerprint density at radius 2 is 1.39 bits per heavy atom. The Balaban J connectivity index is 3.36. The van der Waals surface area contributed by atoms with E-state index in [1.165, 1.54) is 29.7 Å². The second-order valence-corrected chi connectivity index (χ2v) is 7.15. The fourth-order valence-electron chi connectivity index (χ4n) is 2.60. The number of alkyl halides is 6. The molecule has 1 aromatic carbocycles. The first kappa shape index (κ1) is 23.6. The van der Waals surface area contributed by atoms with E-state index >= 15 is 0 Å². The van der Waals surface area contributed by atoms with E-state index in [0.717, 1.165) is 5.56 Å². The number of rotatable bonds is 3. The zero-order valence-electron chi connectivity index (χ0n) is 15.6. The van der Waals surface area contributed by atoms with Gasteiger partial charge in [0.25, 0.3) is 11.4 Å². The average Bonchev–Trinajstić information content (AvgIpc) is 2.51. The predicted molar refractivity (Wildman–Crippen MR) is 89.2 cm³/mol. The van der Waals surface area contributed by atoms with Crippen molar-refractivity contribution in [3.63, 3.8) is 0 Å². The molecule has 0 unspecified atom stereocenters. The molecule has 0 aliphatic rings. The van der Waals surface area contributed by atoms with Gasteiger partial charge >= 0.3 is 18.4 Å². The molecule has 0 spiro atoms. The Hall–Kier alpha value is -2.46. The molecule has 0 heterocycles. The number of primary amides is 1. The number of urea groups is 1. The van der Waals surface area contributed by atoms with Crippen molar-refractivity contribution in [3.05, 3.63) is 35.4 Å². The first-order valence-electron chi connectivity index (χ1n) is 8.13. The van der Waals surface area contributed by atoms with Gasteiger partial charge in [0.05, 0.1) is 0 Å². The van der Waals surface area contributed by atoms with E-state index < -0.39 is 41.3 Å². The summed E-state index contributed by atoms with van der Waals surface area (Å²) in [6.07, 6.45) is -13.5. The number of hydrazine groups is 1. The number of benzene rings is 1. The van der Waals surface area contributed by atoms with Crippen molar-refractivity contribution < 1.29 is 35.9 Å². The van der Waals surface area contributed by atoms with Crippen LogP contribution in [0.15, 0.2) is 24.3 Å². The van der Waals surface area contributed by atoms with Crippen molar-refractivity contribution >= 4 is 11.9 Å². The van der Waals surface area contributed by atoms with Crippen LogP contribution in [0.2, 0.25) is 0 Å². The summed E-state index contributed by atoms with van der Waals surface area (Å²) >= 11 is 0. The van der Waals surface area contributed by atoms with Gasteiger partial charge in [0.2, 0.25) is 0 Å². The van der Waals surface area contributed by atoms with E-state index in [9.17, 15) is 35.9 Å². The number of amides is 3. The predicted octanol–water partition coefficient (Wildman–Crippen LogP) is 4.28. The van der Waals surface area contributed by atoms with Crippen molar-refractivity contribution in [1.82, 2.24) is 10.4 Å². The van der Waals surface area contributed by atoms with Crippen LogP contribution in [0.4, 0.5) is 31.1 Å². The zero-order valence-corrected chi connectivity index (χ0v) is 15.6. The Labute approximate surface area is 157 Å². The van der Waals surface area contributed by atoms with E-state index in [1.54, 1.807) is 0 Å². The summed E-state index contributed by atoms with van der Waals surface area (Å²) in [7, 11) is 0. The average molecular weight is 413 g/mol. The normalized spacial score (nSPS) is 13.2. The molecule has 0 saturated heterocycles. The highest BCUT2D eigenvalue weighted by atomic mass is 19.4. The van der Waals surface area contributed by atoms with Crippen LogP contribution >= 0.6 is 0 Å². The zero-order chi connectivity index (χ0) is 22.1. The monoisotopic (exact) mass is 413 g/mol. The summed E-state index contributed by atoms with van der Waals surface area (Å²) in [6, 6.07) is 3.36. The molecule has 3 amide bonds. The molecule has 0 fully saturated rings. The molecule has 158 valence electrons. The second-order valence-electron chi connectivity index (χ2n) is 7.15. The van der Waals surface area contributed by atoms with Gasteiger partial charge in [-0.05, 0) is 29.5 Å². The number of carbonyl (C=O) groups is 2. The summed E-state index contributed by atoms with van der Waals surface area (Å²) in [6.45, 7) is 6.21. The number of hydrogen-bond donors (Lipinski definition) is 2. The molecule has 0 radical (unpaired) electrons. The van der Waals surface area contributed by atoms with Crippen molar-refractivity contribution in [2.75, 3.05) is 0 Å². The van der Waals surface area contributed by atoms with Crippen LogP contribution in [0.25, 0.3) is 0 Å². The second kappa shape index (κ2) is 7.51. The third kappa shape index (κ3) is 4.33. The molecule has 0 aliphatic heterocycles. The lowest BCUT2D eigenvalue weighted by atomic mass is 9.87. The number of nitrogens with two attached hydrogens (primary N) is 1. The van der Waals surface area contributed by atoms with E-state index in [4.69, 9.17) is 5.73 Å². The van der Waals surface area contributed by atoms with Crippen molar-refractivity contribution in [3.8, 4) is 0 Å². The number of carbonyl (C=O) groups excluding carboxylic acids is 2. The van der Waals surface area contributed by atoms with Crippen LogP contribution in [-0.2, 0) is 5.41 Å². The fourth-order valence-corrected chi connectivity index (χ4v) is 2.60. The van der Waals surface area contributed by atoms with E-state index in [2.05, 4.69) is 0 Å². The SMILES string of the molecule is CCC(N(NC(=O)c1ccc(C(C)(C)C)cc1)C(N)=O)(C(F)(F)F)C(F)(F)F. The fraction of sp³-hybridized carbons (Fsp3) is 0.529. The Morgan fingerprint density at radius 1 is 0.964 bits per heavy atom. The summed E-state index contributed by atoms with van der Waals surface area (Å²) < 4.78 is 80.4. The minimum atomic E-state index is -5.95. The van der Waals surface area contributed by atoms with Gasteiger partial charge in [0, 0.05) is 5.56 Å². The highest BCUT2D eigenvalue weighted by Crippen LogP contribution is 2.48. The molecule has 0 saturated carbocycles. The van der Waals surface area contributed by atoms with E-state index in [-0.39, 0.29) is 11.0 Å². The quantitative estimate of drug-likeness (QED) is 0.573. The van der Waals surface area contributed by atoms with Crippen LogP contribution < -0.4 is 11.2 Å². The first-order chi connectivity index (χ1) is 12.5. The Kier molecular flexibility index (Phi) is 6.33. The van der Waals surface area contributed by atoms with E-state index in [1.807, 2.05) is 20.8 Å². The summed E-state index contributed by atoms with van der Waals surface area (Å²) in [5.41, 5.74) is 1.72. The third-order valence-electron chi connectivity index (χ3n) is 4.28. The van der Waals surface area contributed by atoms with Crippen molar-refractivity contribution in [2.45, 2.75) is 57.4 Å². The van der Waals surface area contributed by atoms with Gasteiger partial charge in [-0.2, -0.15) is 26.3 Å².